The summed E-state index contributed by atoms with van der Waals surface area (Å²) < 4.78 is 0. The lowest BCUT2D eigenvalue weighted by atomic mass is 9.73. The third kappa shape index (κ3) is 3.80. The van der Waals surface area contributed by atoms with Gasteiger partial charge in [-0.25, -0.2) is 0 Å². The second-order valence-corrected chi connectivity index (χ2v) is 11.2. The number of allylic oxidation sites excluding steroid dienone is 10. The van der Waals surface area contributed by atoms with Crippen LogP contribution in [0.2, 0.25) is 0 Å². The van der Waals surface area contributed by atoms with E-state index in [2.05, 4.69) is 116 Å². The van der Waals surface area contributed by atoms with Gasteiger partial charge in [0.2, 0.25) is 0 Å². The molecule has 0 radical (unpaired) electrons. The molecular weight excluding hydrogens is 458 g/mol. The van der Waals surface area contributed by atoms with Crippen LogP contribution in [0.1, 0.15) is 49.3 Å². The maximum atomic E-state index is 4.37. The summed E-state index contributed by atoms with van der Waals surface area (Å²) in [6.07, 6.45) is 22.9. The van der Waals surface area contributed by atoms with E-state index in [1.165, 1.54) is 49.4 Å². The SMILES string of the molecule is CC1CC=CC2CC(c3c4ccccc4c(C4=CC(C)C(c5cccnc5)C=C4)c4ccccc34)=CC=C12. The molecule has 38 heavy (non-hydrogen) atoms. The zero-order valence-electron chi connectivity index (χ0n) is 22.1. The molecule has 1 nitrogen and oxygen atoms in total. The number of fused-ring (bicyclic) bond motifs is 3. The predicted octanol–water partition coefficient (Wildman–Crippen LogP) is 9.69. The van der Waals surface area contributed by atoms with Crippen molar-refractivity contribution in [2.24, 2.45) is 17.8 Å². The molecule has 4 unspecified atom stereocenters. The molecule has 0 N–H and O–H groups in total. The van der Waals surface area contributed by atoms with Crippen LogP contribution in [0.5, 0.6) is 0 Å². The van der Waals surface area contributed by atoms with E-state index < -0.39 is 0 Å². The molecule has 0 saturated heterocycles. The summed E-state index contributed by atoms with van der Waals surface area (Å²) in [5.74, 6) is 1.90. The molecule has 0 bridgehead atoms. The molecular formula is C37H33N. The highest BCUT2D eigenvalue weighted by Gasteiger charge is 2.27. The number of pyridine rings is 1. The van der Waals surface area contributed by atoms with Crippen LogP contribution in [0.4, 0.5) is 0 Å². The Labute approximate surface area is 225 Å². The van der Waals surface area contributed by atoms with Crippen molar-refractivity contribution in [3.63, 3.8) is 0 Å². The lowest BCUT2D eigenvalue weighted by Crippen LogP contribution is -2.16. The number of nitrogens with zero attached hydrogens (tertiary/aromatic N) is 1. The van der Waals surface area contributed by atoms with Crippen LogP contribution in [0.3, 0.4) is 0 Å². The summed E-state index contributed by atoms with van der Waals surface area (Å²) in [5.41, 5.74) is 8.40. The first-order valence-corrected chi connectivity index (χ1v) is 14.0. The van der Waals surface area contributed by atoms with Crippen molar-refractivity contribution in [3.05, 3.63) is 138 Å². The summed E-state index contributed by atoms with van der Waals surface area (Å²) in [5, 5.41) is 5.39. The summed E-state index contributed by atoms with van der Waals surface area (Å²) in [6.45, 7) is 4.70. The first-order chi connectivity index (χ1) is 18.7. The van der Waals surface area contributed by atoms with Gasteiger partial charge in [-0.15, -0.1) is 0 Å². The van der Waals surface area contributed by atoms with E-state index in [4.69, 9.17) is 0 Å². The van der Waals surface area contributed by atoms with Crippen molar-refractivity contribution < 1.29 is 0 Å². The number of hydrogen-bond acceptors (Lipinski definition) is 1. The van der Waals surface area contributed by atoms with Gasteiger partial charge in [0.15, 0.2) is 0 Å². The normalized spacial score (nSPS) is 24.6. The van der Waals surface area contributed by atoms with Gasteiger partial charge in [0.1, 0.15) is 0 Å². The summed E-state index contributed by atoms with van der Waals surface area (Å²) in [7, 11) is 0. The minimum atomic E-state index is 0.351. The van der Waals surface area contributed by atoms with Gasteiger partial charge < -0.3 is 0 Å². The largest absolute Gasteiger partial charge is 0.264 e. The fraction of sp³-hybridized carbons (Fsp3) is 0.216. The zero-order chi connectivity index (χ0) is 25.6. The molecule has 3 aliphatic rings. The van der Waals surface area contributed by atoms with E-state index in [9.17, 15) is 0 Å². The first-order valence-electron chi connectivity index (χ1n) is 14.0. The second kappa shape index (κ2) is 9.40. The lowest BCUT2D eigenvalue weighted by Gasteiger charge is -2.31. The molecule has 0 spiro atoms. The van der Waals surface area contributed by atoms with Crippen LogP contribution >= 0.6 is 0 Å². The van der Waals surface area contributed by atoms with Crippen molar-refractivity contribution in [2.45, 2.75) is 32.6 Å². The van der Waals surface area contributed by atoms with Crippen LogP contribution in [0.25, 0.3) is 32.7 Å². The van der Waals surface area contributed by atoms with Crippen LogP contribution < -0.4 is 0 Å². The molecule has 3 aliphatic carbocycles. The summed E-state index contributed by atoms with van der Waals surface area (Å²) >= 11 is 0. The van der Waals surface area contributed by atoms with Crippen LogP contribution in [0.15, 0.2) is 121 Å². The Morgan fingerprint density at radius 2 is 1.47 bits per heavy atom. The Kier molecular flexibility index (Phi) is 5.73. The molecule has 0 aliphatic heterocycles. The van der Waals surface area contributed by atoms with Gasteiger partial charge in [0, 0.05) is 24.2 Å². The zero-order valence-corrected chi connectivity index (χ0v) is 22.1. The Bertz CT molecular complexity index is 1640. The van der Waals surface area contributed by atoms with Gasteiger partial charge in [-0.2, -0.15) is 0 Å². The van der Waals surface area contributed by atoms with Crippen LogP contribution in [-0.4, -0.2) is 4.98 Å². The van der Waals surface area contributed by atoms with Crippen molar-refractivity contribution in [1.29, 1.82) is 0 Å². The van der Waals surface area contributed by atoms with Gasteiger partial charge in [-0.3, -0.25) is 4.98 Å². The average Bonchev–Trinajstić information content (AvgIpc) is 2.96. The summed E-state index contributed by atoms with van der Waals surface area (Å²) in [6, 6.07) is 22.3. The monoisotopic (exact) mass is 491 g/mol. The molecule has 3 aromatic carbocycles. The fourth-order valence-electron chi connectivity index (χ4n) is 6.99. The Morgan fingerprint density at radius 1 is 0.763 bits per heavy atom. The third-order valence-electron chi connectivity index (χ3n) is 8.87. The van der Waals surface area contributed by atoms with E-state index in [0.717, 1.165) is 12.8 Å². The molecule has 4 aromatic rings. The maximum absolute atomic E-state index is 4.37. The topological polar surface area (TPSA) is 12.9 Å². The molecule has 1 heterocycles. The highest BCUT2D eigenvalue weighted by Crippen LogP contribution is 2.46. The number of hydrogen-bond donors (Lipinski definition) is 0. The molecule has 0 fully saturated rings. The van der Waals surface area contributed by atoms with E-state index >= 15 is 0 Å². The van der Waals surface area contributed by atoms with E-state index in [1.807, 2.05) is 18.5 Å². The van der Waals surface area contributed by atoms with E-state index in [0.29, 0.717) is 23.7 Å². The lowest BCUT2D eigenvalue weighted by molar-refractivity contribution is 0.569. The van der Waals surface area contributed by atoms with Gasteiger partial charge in [0.05, 0.1) is 0 Å². The quantitative estimate of drug-likeness (QED) is 0.205. The molecule has 7 rings (SSSR count). The molecule has 0 amide bonds. The highest BCUT2D eigenvalue weighted by atomic mass is 14.6. The fourth-order valence-corrected chi connectivity index (χ4v) is 6.99. The first kappa shape index (κ1) is 23.2. The Balaban J connectivity index is 1.41. The number of rotatable bonds is 3. The smallest absolute Gasteiger partial charge is 0.0306 e. The highest BCUT2D eigenvalue weighted by molar-refractivity contribution is 6.17. The molecule has 186 valence electrons. The standard InChI is InChI=1S/C37H33N/c1-24-9-7-10-26-22-28(17-18-30(24)26)37-34-14-5-3-12-32(34)36(33-13-4-6-15-35(33)37)27-16-19-31(25(2)21-27)29-11-8-20-38-23-29/h3-8,10-21,23-26,31H,9,22H2,1-2H3. The summed E-state index contributed by atoms with van der Waals surface area (Å²) in [4.78, 5) is 4.37. The Morgan fingerprint density at radius 3 is 2.13 bits per heavy atom. The minimum absolute atomic E-state index is 0.351. The number of benzene rings is 3. The minimum Gasteiger partial charge on any atom is -0.264 e. The van der Waals surface area contributed by atoms with Crippen LogP contribution in [-0.2, 0) is 0 Å². The predicted molar refractivity (Wildman–Crippen MR) is 162 cm³/mol. The van der Waals surface area contributed by atoms with Crippen LogP contribution in [0, 0.1) is 17.8 Å². The van der Waals surface area contributed by atoms with Crippen molar-refractivity contribution >= 4 is 32.7 Å². The molecule has 1 aromatic heterocycles. The number of aromatic nitrogens is 1. The molecule has 4 atom stereocenters. The van der Waals surface area contributed by atoms with Gasteiger partial charge in [-0.1, -0.05) is 117 Å². The van der Waals surface area contributed by atoms with Gasteiger partial charge >= 0.3 is 0 Å². The van der Waals surface area contributed by atoms with E-state index in [-0.39, 0.29) is 0 Å². The Hall–Kier alpha value is -3.97. The van der Waals surface area contributed by atoms with Crippen molar-refractivity contribution in [1.82, 2.24) is 4.98 Å². The average molecular weight is 492 g/mol. The second-order valence-electron chi connectivity index (χ2n) is 11.2. The van der Waals surface area contributed by atoms with Crippen molar-refractivity contribution in [2.75, 3.05) is 0 Å². The third-order valence-corrected chi connectivity index (χ3v) is 8.87. The van der Waals surface area contributed by atoms with Crippen molar-refractivity contribution in [3.8, 4) is 0 Å². The van der Waals surface area contributed by atoms with Gasteiger partial charge in [-0.05, 0) is 80.1 Å². The van der Waals surface area contributed by atoms with Gasteiger partial charge in [0.25, 0.3) is 0 Å². The van der Waals surface area contributed by atoms with E-state index in [1.54, 1.807) is 5.57 Å². The molecule has 0 saturated carbocycles. The maximum Gasteiger partial charge on any atom is 0.0306 e. The molecule has 1 heteroatoms.